The van der Waals surface area contributed by atoms with Crippen LogP contribution in [0.3, 0.4) is 0 Å². The zero-order chi connectivity index (χ0) is 17.2. The normalized spacial score (nSPS) is 18.4. The third-order valence-corrected chi connectivity index (χ3v) is 5.24. The Hall–Kier alpha value is -2.08. The van der Waals surface area contributed by atoms with Crippen LogP contribution < -0.4 is 10.2 Å². The van der Waals surface area contributed by atoms with Crippen molar-refractivity contribution in [3.05, 3.63) is 35.9 Å². The number of amides is 1. The van der Waals surface area contributed by atoms with Crippen molar-refractivity contribution in [2.75, 3.05) is 24.5 Å². The van der Waals surface area contributed by atoms with E-state index in [1.165, 1.54) is 12.8 Å². The van der Waals surface area contributed by atoms with Gasteiger partial charge in [0.25, 0.3) is 0 Å². The van der Waals surface area contributed by atoms with Crippen molar-refractivity contribution in [2.45, 2.75) is 25.7 Å². The molecule has 3 heterocycles. The van der Waals surface area contributed by atoms with Crippen molar-refractivity contribution < 1.29 is 4.79 Å². The Labute approximate surface area is 152 Å². The van der Waals surface area contributed by atoms with Crippen molar-refractivity contribution in [1.82, 2.24) is 20.1 Å². The number of nitrogens with zero attached hydrogens (tertiary/aromatic N) is 4. The largest absolute Gasteiger partial charge is 0.368 e. The molecule has 2 fully saturated rings. The van der Waals surface area contributed by atoms with E-state index < -0.39 is 0 Å². The number of halogens is 1. The van der Waals surface area contributed by atoms with E-state index in [2.05, 4.69) is 20.3 Å². The maximum atomic E-state index is 12.3. The van der Waals surface area contributed by atoms with Crippen LogP contribution >= 0.6 is 11.6 Å². The van der Waals surface area contributed by atoms with Gasteiger partial charge >= 0.3 is 0 Å². The highest BCUT2D eigenvalue weighted by atomic mass is 35.5. The molecule has 132 valence electrons. The van der Waals surface area contributed by atoms with Gasteiger partial charge < -0.3 is 10.2 Å². The van der Waals surface area contributed by atoms with E-state index in [9.17, 15) is 4.79 Å². The maximum absolute atomic E-state index is 12.3. The number of aromatic nitrogens is 3. The average Bonchev–Trinajstić information content (AvgIpc) is 3.39. The van der Waals surface area contributed by atoms with E-state index in [4.69, 9.17) is 11.6 Å². The summed E-state index contributed by atoms with van der Waals surface area (Å²) in [5.74, 6) is 1.06. The zero-order valence-corrected chi connectivity index (χ0v) is 14.8. The van der Waals surface area contributed by atoms with E-state index in [-0.39, 0.29) is 11.8 Å². The number of hydrogen-bond donors (Lipinski definition) is 1. The summed E-state index contributed by atoms with van der Waals surface area (Å²) >= 11 is 6.00. The van der Waals surface area contributed by atoms with Gasteiger partial charge in [0, 0.05) is 37.9 Å². The van der Waals surface area contributed by atoms with Gasteiger partial charge in [-0.05, 0) is 37.7 Å². The molecule has 0 aromatic carbocycles. The highest BCUT2D eigenvalue weighted by Crippen LogP contribution is 2.30. The first kappa shape index (κ1) is 16.4. The van der Waals surface area contributed by atoms with Crippen LogP contribution in [0.5, 0.6) is 0 Å². The van der Waals surface area contributed by atoms with Gasteiger partial charge in [0.2, 0.25) is 5.91 Å². The van der Waals surface area contributed by atoms with Gasteiger partial charge in [-0.3, -0.25) is 9.78 Å². The smallest absolute Gasteiger partial charge is 0.223 e. The van der Waals surface area contributed by atoms with Gasteiger partial charge in [-0.25, -0.2) is 4.68 Å². The molecule has 2 aliphatic rings. The summed E-state index contributed by atoms with van der Waals surface area (Å²) in [5.41, 5.74) is 1.98. The van der Waals surface area contributed by atoms with Crippen LogP contribution in [0.15, 0.2) is 30.9 Å². The lowest BCUT2D eigenvalue weighted by Crippen LogP contribution is -2.41. The minimum absolute atomic E-state index is 0.120. The lowest BCUT2D eigenvalue weighted by Gasteiger charge is -2.33. The summed E-state index contributed by atoms with van der Waals surface area (Å²) in [5, 5.41) is 8.01. The molecular formula is C18H22ClN5O. The van der Waals surface area contributed by atoms with Crippen molar-refractivity contribution in [3.63, 3.8) is 0 Å². The van der Waals surface area contributed by atoms with Crippen LogP contribution in [0.2, 0.25) is 5.02 Å². The Morgan fingerprint density at radius 2 is 2.00 bits per heavy atom. The molecule has 1 N–H and O–H groups in total. The van der Waals surface area contributed by atoms with E-state index >= 15 is 0 Å². The average molecular weight is 360 g/mol. The van der Waals surface area contributed by atoms with Gasteiger partial charge in [0.05, 0.1) is 28.8 Å². The second-order valence-corrected chi connectivity index (χ2v) is 7.35. The highest BCUT2D eigenvalue weighted by molar-refractivity contribution is 6.30. The molecule has 1 amide bonds. The van der Waals surface area contributed by atoms with Gasteiger partial charge in [-0.15, -0.1) is 0 Å². The van der Waals surface area contributed by atoms with Crippen LogP contribution in [-0.4, -0.2) is 40.3 Å². The topological polar surface area (TPSA) is 63.1 Å². The lowest BCUT2D eigenvalue weighted by atomic mass is 9.95. The van der Waals surface area contributed by atoms with Crippen LogP contribution in [0.1, 0.15) is 25.7 Å². The van der Waals surface area contributed by atoms with E-state index in [1.54, 1.807) is 23.3 Å². The second kappa shape index (κ2) is 7.04. The summed E-state index contributed by atoms with van der Waals surface area (Å²) in [4.78, 5) is 18.8. The molecule has 2 aromatic heterocycles. The summed E-state index contributed by atoms with van der Waals surface area (Å²) < 4.78 is 1.77. The fourth-order valence-corrected chi connectivity index (χ4v) is 3.48. The van der Waals surface area contributed by atoms with Gasteiger partial charge in [-0.1, -0.05) is 11.6 Å². The Bertz CT molecular complexity index is 749. The molecule has 1 aliphatic heterocycles. The predicted molar refractivity (Wildman–Crippen MR) is 97.0 cm³/mol. The lowest BCUT2D eigenvalue weighted by molar-refractivity contribution is -0.125. The molecule has 1 saturated carbocycles. The fourth-order valence-electron chi connectivity index (χ4n) is 3.34. The standard InChI is InChI=1S/C18H22ClN5O/c19-15-10-22-24(12-15)16-3-6-20-11-17(16)23-7-4-14(5-8-23)18(25)21-9-13-1-2-13/h3,6,10-14H,1-2,4-5,7-9H2,(H,21,25). The van der Waals surface area contributed by atoms with Crippen LogP contribution in [-0.2, 0) is 4.79 Å². The van der Waals surface area contributed by atoms with Gasteiger partial charge in [0.15, 0.2) is 0 Å². The molecule has 2 aromatic rings. The Morgan fingerprint density at radius 1 is 1.20 bits per heavy atom. The minimum atomic E-state index is 0.120. The molecule has 0 bridgehead atoms. The third kappa shape index (κ3) is 3.79. The first-order chi connectivity index (χ1) is 12.2. The van der Waals surface area contributed by atoms with Gasteiger partial charge in [-0.2, -0.15) is 5.10 Å². The quantitative estimate of drug-likeness (QED) is 0.891. The Morgan fingerprint density at radius 3 is 2.68 bits per heavy atom. The number of piperidine rings is 1. The summed E-state index contributed by atoms with van der Waals surface area (Å²) in [6, 6.07) is 1.94. The molecule has 25 heavy (non-hydrogen) atoms. The molecule has 0 radical (unpaired) electrons. The monoisotopic (exact) mass is 359 g/mol. The SMILES string of the molecule is O=C(NCC1CC1)C1CCN(c2cnccc2-n2cc(Cl)cn2)CC1. The van der Waals surface area contributed by atoms with Crippen LogP contribution in [0.25, 0.3) is 5.69 Å². The number of anilines is 1. The number of rotatable bonds is 5. The molecule has 1 saturated heterocycles. The van der Waals surface area contributed by atoms with Crippen molar-refractivity contribution in [1.29, 1.82) is 0 Å². The maximum Gasteiger partial charge on any atom is 0.223 e. The first-order valence-corrected chi connectivity index (χ1v) is 9.26. The summed E-state index contributed by atoms with van der Waals surface area (Å²) in [6.07, 6.45) is 11.3. The molecule has 7 heteroatoms. The van der Waals surface area contributed by atoms with Crippen molar-refractivity contribution in [2.24, 2.45) is 11.8 Å². The molecular weight excluding hydrogens is 338 g/mol. The van der Waals surface area contributed by atoms with E-state index in [0.717, 1.165) is 49.8 Å². The number of nitrogens with one attached hydrogen (secondary N) is 1. The third-order valence-electron chi connectivity index (χ3n) is 5.04. The van der Waals surface area contributed by atoms with Crippen LogP contribution in [0, 0.1) is 11.8 Å². The van der Waals surface area contributed by atoms with Crippen LogP contribution in [0.4, 0.5) is 5.69 Å². The van der Waals surface area contributed by atoms with E-state index in [0.29, 0.717) is 5.02 Å². The number of carbonyl (C=O) groups excluding carboxylic acids is 1. The number of hydrogen-bond acceptors (Lipinski definition) is 4. The predicted octanol–water partition coefficient (Wildman–Crippen LogP) is 2.66. The zero-order valence-electron chi connectivity index (χ0n) is 14.1. The molecule has 6 nitrogen and oxygen atoms in total. The van der Waals surface area contributed by atoms with Gasteiger partial charge in [0.1, 0.15) is 0 Å². The molecule has 4 rings (SSSR count). The summed E-state index contributed by atoms with van der Waals surface area (Å²) in [7, 11) is 0. The number of carbonyl (C=O) groups is 1. The van der Waals surface area contributed by atoms with Crippen molar-refractivity contribution in [3.8, 4) is 5.69 Å². The summed E-state index contributed by atoms with van der Waals surface area (Å²) in [6.45, 7) is 2.54. The molecule has 0 unspecified atom stereocenters. The number of pyridine rings is 1. The van der Waals surface area contributed by atoms with Crippen molar-refractivity contribution >= 4 is 23.2 Å². The fraction of sp³-hybridized carbons (Fsp3) is 0.500. The second-order valence-electron chi connectivity index (χ2n) is 6.92. The molecule has 0 spiro atoms. The molecule has 0 atom stereocenters. The minimum Gasteiger partial charge on any atom is -0.368 e. The molecule has 1 aliphatic carbocycles. The Balaban J connectivity index is 1.41. The van der Waals surface area contributed by atoms with E-state index in [1.807, 2.05) is 12.3 Å². The first-order valence-electron chi connectivity index (χ1n) is 8.88. The highest BCUT2D eigenvalue weighted by Gasteiger charge is 2.28. The Kier molecular flexibility index (Phi) is 4.61.